The summed E-state index contributed by atoms with van der Waals surface area (Å²) in [6.45, 7) is 0. The lowest BCUT2D eigenvalue weighted by molar-refractivity contribution is 1.92. The monoisotopic (exact) mass is 143 g/mol. The predicted molar refractivity (Wildman–Crippen MR) is 40.9 cm³/mol. The molecule has 42 valence electrons. The van der Waals surface area contributed by atoms with Gasteiger partial charge in [0.15, 0.2) is 0 Å². The number of hydrogen-bond donors (Lipinski definition) is 1. The van der Waals surface area contributed by atoms with Crippen LogP contribution in [0.4, 0.5) is 0 Å². The molecule has 0 radical (unpaired) electrons. The van der Waals surface area contributed by atoms with E-state index in [0.29, 0.717) is 0 Å². The van der Waals surface area contributed by atoms with E-state index < -0.39 is 0 Å². The van der Waals surface area contributed by atoms with Crippen LogP contribution in [0.25, 0.3) is 0 Å². The Morgan fingerprint density at radius 3 is 3.12 bits per heavy atom. The topological polar surface area (TPSA) is 12.4 Å². The molecular weight excluding hydrogens is 138 g/mol. The zero-order chi connectivity index (χ0) is 5.82. The first kappa shape index (κ1) is 5.85. The van der Waals surface area contributed by atoms with E-state index >= 15 is 0 Å². The number of rotatable bonds is 1. The summed E-state index contributed by atoms with van der Waals surface area (Å²) >= 11 is 5.33. The first-order valence-corrected chi connectivity index (χ1v) is 3.42. The highest BCUT2D eigenvalue weighted by Gasteiger charge is 1.82. The van der Waals surface area contributed by atoms with Gasteiger partial charge >= 0.3 is 0 Å². The van der Waals surface area contributed by atoms with Crippen molar-refractivity contribution < 1.29 is 0 Å². The van der Waals surface area contributed by atoms with E-state index in [1.165, 1.54) is 0 Å². The third-order valence-corrected chi connectivity index (χ3v) is 1.65. The molecule has 0 bridgehead atoms. The van der Waals surface area contributed by atoms with Gasteiger partial charge in [0.2, 0.25) is 0 Å². The number of thiophene rings is 1. The molecule has 0 spiro atoms. The summed E-state index contributed by atoms with van der Waals surface area (Å²) < 4.78 is 3.56. The molecule has 8 heavy (non-hydrogen) atoms. The van der Waals surface area contributed by atoms with Gasteiger partial charge in [-0.2, -0.15) is 0 Å². The van der Waals surface area contributed by atoms with Crippen LogP contribution < -0.4 is 0 Å². The maximum absolute atomic E-state index is 3.68. The zero-order valence-electron chi connectivity index (χ0n) is 4.11. The molecule has 0 fully saturated rings. The first-order valence-electron chi connectivity index (χ1n) is 2.14. The van der Waals surface area contributed by atoms with Crippen LogP contribution in [0.3, 0.4) is 0 Å². The summed E-state index contributed by atoms with van der Waals surface area (Å²) in [4.78, 5) is 1.14. The molecule has 0 aliphatic heterocycles. The van der Waals surface area contributed by atoms with Gasteiger partial charge in [-0.15, -0.1) is 11.3 Å². The number of nitrogens with zero attached hydrogens (tertiary/aromatic N) is 1. The molecule has 0 aromatic carbocycles. The summed E-state index contributed by atoms with van der Waals surface area (Å²) in [5, 5.41) is 2.00. The van der Waals surface area contributed by atoms with E-state index in [9.17, 15) is 0 Å². The van der Waals surface area contributed by atoms with Crippen LogP contribution in [0.2, 0.25) is 0 Å². The molecule has 0 atom stereocenters. The molecule has 0 amide bonds. The molecule has 1 nitrogen and oxygen atoms in total. The van der Waals surface area contributed by atoms with Crippen LogP contribution in [0.15, 0.2) is 21.9 Å². The fourth-order valence-electron chi connectivity index (χ4n) is 0.422. The molecule has 1 aromatic heterocycles. The molecule has 1 rings (SSSR count). The van der Waals surface area contributed by atoms with Gasteiger partial charge in [-0.25, -0.2) is 4.40 Å². The van der Waals surface area contributed by atoms with E-state index in [-0.39, 0.29) is 0 Å². The Labute approximate surface area is 57.6 Å². The summed E-state index contributed by atoms with van der Waals surface area (Å²) in [5.41, 5.74) is 0. The highest BCUT2D eigenvalue weighted by atomic mass is 32.1. The van der Waals surface area contributed by atoms with Crippen LogP contribution in [-0.2, 0) is 0 Å². The van der Waals surface area contributed by atoms with Gasteiger partial charge in [0, 0.05) is 4.88 Å². The third-order valence-electron chi connectivity index (χ3n) is 0.728. The Morgan fingerprint density at radius 1 is 1.75 bits per heavy atom. The summed E-state index contributed by atoms with van der Waals surface area (Å²) in [5.74, 6) is 0. The maximum atomic E-state index is 3.68. The Kier molecular flexibility index (Phi) is 2.11. The normalized spacial score (nSPS) is 10.6. The van der Waals surface area contributed by atoms with Crippen molar-refractivity contribution >= 4 is 30.4 Å². The van der Waals surface area contributed by atoms with Crippen molar-refractivity contribution in [3.05, 3.63) is 22.4 Å². The highest BCUT2D eigenvalue weighted by molar-refractivity contribution is 7.79. The minimum atomic E-state index is 1.14. The van der Waals surface area contributed by atoms with Crippen LogP contribution in [0, 0.1) is 0 Å². The van der Waals surface area contributed by atoms with Crippen molar-refractivity contribution in [3.8, 4) is 0 Å². The lowest BCUT2D eigenvalue weighted by Gasteiger charge is -1.73. The molecule has 0 saturated heterocycles. The van der Waals surface area contributed by atoms with E-state index in [4.69, 9.17) is 0 Å². The largest absolute Gasteiger partial charge is 0.226 e. The fraction of sp³-hybridized carbons (Fsp3) is 0. The fourth-order valence-corrected chi connectivity index (χ4v) is 1.21. The lowest BCUT2D eigenvalue weighted by atomic mass is 10.5. The zero-order valence-corrected chi connectivity index (χ0v) is 5.82. The standard InChI is InChI=1S/C5H5NS2/c7-6-4-5-2-1-3-8-5/h1-4,7H. The molecular formula is C5H5NS2. The number of hydrogen-bond acceptors (Lipinski definition) is 3. The maximum Gasteiger partial charge on any atom is 0.0520 e. The molecule has 3 heteroatoms. The van der Waals surface area contributed by atoms with Crippen LogP contribution in [0.5, 0.6) is 0 Å². The van der Waals surface area contributed by atoms with E-state index in [1.54, 1.807) is 17.6 Å². The van der Waals surface area contributed by atoms with E-state index in [0.717, 1.165) is 4.88 Å². The summed E-state index contributed by atoms with van der Waals surface area (Å²) in [6, 6.07) is 3.97. The molecule has 1 heterocycles. The van der Waals surface area contributed by atoms with Crippen molar-refractivity contribution in [1.29, 1.82) is 0 Å². The minimum Gasteiger partial charge on any atom is -0.226 e. The van der Waals surface area contributed by atoms with Gasteiger partial charge in [-0.05, 0) is 24.3 Å². The van der Waals surface area contributed by atoms with Crippen molar-refractivity contribution in [2.24, 2.45) is 4.40 Å². The van der Waals surface area contributed by atoms with Crippen molar-refractivity contribution in [1.82, 2.24) is 0 Å². The number of thiol groups is 1. The summed E-state index contributed by atoms with van der Waals surface area (Å²) in [6.07, 6.45) is 1.72. The Hall–Kier alpha value is -0.280. The molecule has 0 aliphatic rings. The highest BCUT2D eigenvalue weighted by Crippen LogP contribution is 2.04. The average Bonchev–Trinajstić information content (AvgIpc) is 2.19. The van der Waals surface area contributed by atoms with E-state index in [2.05, 4.69) is 17.2 Å². The SMILES string of the molecule is SN=Cc1cccs1. The lowest BCUT2D eigenvalue weighted by Crippen LogP contribution is -1.64. The Morgan fingerprint density at radius 2 is 2.62 bits per heavy atom. The van der Waals surface area contributed by atoms with Crippen LogP contribution >= 0.6 is 24.2 Å². The minimum absolute atomic E-state index is 1.14. The van der Waals surface area contributed by atoms with Crippen molar-refractivity contribution in [3.63, 3.8) is 0 Å². The third kappa shape index (κ3) is 1.35. The summed E-state index contributed by atoms with van der Waals surface area (Å²) in [7, 11) is 0. The van der Waals surface area contributed by atoms with Gasteiger partial charge in [0.1, 0.15) is 0 Å². The van der Waals surface area contributed by atoms with Gasteiger partial charge in [-0.3, -0.25) is 0 Å². The van der Waals surface area contributed by atoms with Gasteiger partial charge in [0.05, 0.1) is 6.21 Å². The van der Waals surface area contributed by atoms with Gasteiger partial charge in [0.25, 0.3) is 0 Å². The second-order valence-electron chi connectivity index (χ2n) is 1.26. The Balaban J connectivity index is 2.77. The second-order valence-corrected chi connectivity index (χ2v) is 2.47. The first-order chi connectivity index (χ1) is 3.93. The predicted octanol–water partition coefficient (Wildman–Crippen LogP) is 2.01. The molecule has 1 aromatic rings. The van der Waals surface area contributed by atoms with Gasteiger partial charge in [-0.1, -0.05) is 6.07 Å². The second kappa shape index (κ2) is 2.89. The van der Waals surface area contributed by atoms with Crippen LogP contribution in [-0.4, -0.2) is 6.21 Å². The Bertz CT molecular complexity index is 167. The average molecular weight is 143 g/mol. The smallest absolute Gasteiger partial charge is 0.0520 e. The van der Waals surface area contributed by atoms with Crippen molar-refractivity contribution in [2.45, 2.75) is 0 Å². The molecule has 0 aliphatic carbocycles. The quantitative estimate of drug-likeness (QED) is 0.456. The van der Waals surface area contributed by atoms with E-state index in [1.807, 2.05) is 17.5 Å². The van der Waals surface area contributed by atoms with Gasteiger partial charge < -0.3 is 0 Å². The molecule has 0 N–H and O–H groups in total. The van der Waals surface area contributed by atoms with Crippen molar-refractivity contribution in [2.75, 3.05) is 0 Å². The molecule has 0 unspecified atom stereocenters. The molecule has 0 saturated carbocycles. The van der Waals surface area contributed by atoms with Crippen LogP contribution in [0.1, 0.15) is 4.88 Å².